The van der Waals surface area contributed by atoms with E-state index in [9.17, 15) is 0 Å². The number of ether oxygens (including phenoxy) is 3. The predicted molar refractivity (Wildman–Crippen MR) is 143 cm³/mol. The van der Waals surface area contributed by atoms with E-state index in [4.69, 9.17) is 14.2 Å². The van der Waals surface area contributed by atoms with Crippen molar-refractivity contribution in [2.75, 3.05) is 34.4 Å². The second kappa shape index (κ2) is 13.8. The molecule has 0 saturated carbocycles. The van der Waals surface area contributed by atoms with Gasteiger partial charge in [0, 0.05) is 55.6 Å². The largest absolute Gasteiger partial charge is 0.497 e. The van der Waals surface area contributed by atoms with E-state index >= 15 is 0 Å². The average molecular weight is 567 g/mol. The molecule has 33 heavy (non-hydrogen) atoms. The lowest BCUT2D eigenvalue weighted by atomic mass is 10.2. The maximum Gasteiger partial charge on any atom is 0.213 e. The zero-order valence-electron chi connectivity index (χ0n) is 19.7. The standard InChI is InChI=1S/C24H33N5O3.HI/c1-5-11-32-23-9-8-17(15-27-23)16-28-24(25-2)26-10-6-7-18-12-20-21(29-18)13-19(30-3)14-22(20)31-4;/h8-9,12-15,29H,5-7,10-11,16H2,1-4H3,(H2,25,26,28);1H. The quantitative estimate of drug-likeness (QED) is 0.139. The van der Waals surface area contributed by atoms with Crippen molar-refractivity contribution in [3.05, 3.63) is 47.8 Å². The molecule has 0 amide bonds. The molecule has 0 bridgehead atoms. The summed E-state index contributed by atoms with van der Waals surface area (Å²) >= 11 is 0. The molecule has 9 heteroatoms. The lowest BCUT2D eigenvalue weighted by molar-refractivity contribution is 0.305. The number of benzene rings is 1. The number of aromatic amines is 1. The van der Waals surface area contributed by atoms with E-state index in [-0.39, 0.29) is 24.0 Å². The van der Waals surface area contributed by atoms with Crippen LogP contribution < -0.4 is 24.8 Å². The van der Waals surface area contributed by atoms with Crippen LogP contribution in [-0.4, -0.2) is 50.3 Å². The van der Waals surface area contributed by atoms with Crippen LogP contribution in [0.3, 0.4) is 0 Å². The molecule has 0 aliphatic rings. The van der Waals surface area contributed by atoms with Gasteiger partial charge in [0.15, 0.2) is 5.96 Å². The highest BCUT2D eigenvalue weighted by Crippen LogP contribution is 2.31. The lowest BCUT2D eigenvalue weighted by Crippen LogP contribution is -2.37. The number of methoxy groups -OCH3 is 2. The SMILES string of the molecule is CCCOc1ccc(CNC(=NC)NCCCc2cc3c(OC)cc(OC)cc3[nH]2)cn1.I. The van der Waals surface area contributed by atoms with Gasteiger partial charge < -0.3 is 29.8 Å². The first-order valence-corrected chi connectivity index (χ1v) is 10.9. The number of hydrogen-bond donors (Lipinski definition) is 3. The van der Waals surface area contributed by atoms with Crippen LogP contribution in [0.4, 0.5) is 0 Å². The number of H-pyrrole nitrogens is 1. The van der Waals surface area contributed by atoms with Gasteiger partial charge in [-0.2, -0.15) is 0 Å². The minimum atomic E-state index is 0. The van der Waals surface area contributed by atoms with Crippen molar-refractivity contribution in [2.45, 2.75) is 32.7 Å². The van der Waals surface area contributed by atoms with Crippen LogP contribution in [0, 0.1) is 0 Å². The molecule has 3 N–H and O–H groups in total. The summed E-state index contributed by atoms with van der Waals surface area (Å²) in [4.78, 5) is 12.1. The fraction of sp³-hybridized carbons (Fsp3) is 0.417. The van der Waals surface area contributed by atoms with Crippen molar-refractivity contribution in [2.24, 2.45) is 4.99 Å². The molecule has 0 aliphatic carbocycles. The third-order valence-electron chi connectivity index (χ3n) is 5.04. The van der Waals surface area contributed by atoms with Crippen LogP contribution in [-0.2, 0) is 13.0 Å². The van der Waals surface area contributed by atoms with Gasteiger partial charge in [-0.1, -0.05) is 13.0 Å². The van der Waals surface area contributed by atoms with Crippen molar-refractivity contribution in [1.82, 2.24) is 20.6 Å². The average Bonchev–Trinajstić information content (AvgIpc) is 3.25. The Morgan fingerprint density at radius 2 is 1.97 bits per heavy atom. The molecule has 0 fully saturated rings. The molecule has 180 valence electrons. The van der Waals surface area contributed by atoms with E-state index in [0.29, 0.717) is 19.0 Å². The molecule has 3 aromatic rings. The molecule has 0 radical (unpaired) electrons. The summed E-state index contributed by atoms with van der Waals surface area (Å²) in [6.45, 7) is 4.20. The van der Waals surface area contributed by atoms with E-state index in [2.05, 4.69) is 38.6 Å². The Labute approximate surface area is 212 Å². The number of aromatic nitrogens is 2. The molecule has 8 nitrogen and oxygen atoms in total. The topological polar surface area (TPSA) is 92.8 Å². The highest BCUT2D eigenvalue weighted by Gasteiger charge is 2.09. The van der Waals surface area contributed by atoms with Crippen LogP contribution in [0.15, 0.2) is 41.5 Å². The summed E-state index contributed by atoms with van der Waals surface area (Å²) in [6, 6.07) is 9.94. The molecule has 0 atom stereocenters. The van der Waals surface area contributed by atoms with Crippen molar-refractivity contribution < 1.29 is 14.2 Å². The normalized spacial score (nSPS) is 11.1. The van der Waals surface area contributed by atoms with Gasteiger partial charge in [-0.05, 0) is 30.9 Å². The summed E-state index contributed by atoms with van der Waals surface area (Å²) in [7, 11) is 5.10. The molecule has 3 rings (SSSR count). The molecule has 0 saturated heterocycles. The van der Waals surface area contributed by atoms with Crippen LogP contribution >= 0.6 is 24.0 Å². The molecule has 2 heterocycles. The minimum Gasteiger partial charge on any atom is -0.497 e. The number of rotatable bonds is 11. The number of fused-ring (bicyclic) bond motifs is 1. The number of aryl methyl sites for hydroxylation is 1. The Balaban J connectivity index is 0.00000385. The Hall–Kier alpha value is -2.69. The number of guanidine groups is 1. The van der Waals surface area contributed by atoms with Gasteiger partial charge in [0.05, 0.1) is 26.3 Å². The Morgan fingerprint density at radius 3 is 2.64 bits per heavy atom. The van der Waals surface area contributed by atoms with Crippen LogP contribution in [0.2, 0.25) is 0 Å². The minimum absolute atomic E-state index is 0. The maximum absolute atomic E-state index is 5.52. The second-order valence-electron chi connectivity index (χ2n) is 7.39. The first-order chi connectivity index (χ1) is 15.7. The van der Waals surface area contributed by atoms with Crippen molar-refractivity contribution in [3.63, 3.8) is 0 Å². The summed E-state index contributed by atoms with van der Waals surface area (Å²) in [5, 5.41) is 7.74. The van der Waals surface area contributed by atoms with E-state index in [1.54, 1.807) is 21.3 Å². The smallest absolute Gasteiger partial charge is 0.213 e. The fourth-order valence-electron chi connectivity index (χ4n) is 3.36. The summed E-state index contributed by atoms with van der Waals surface area (Å²) < 4.78 is 16.4. The third kappa shape index (κ3) is 7.69. The molecule has 0 aliphatic heterocycles. The molecule has 2 aromatic heterocycles. The maximum atomic E-state index is 5.52. The van der Waals surface area contributed by atoms with Gasteiger partial charge in [0.1, 0.15) is 11.5 Å². The Morgan fingerprint density at radius 1 is 1.12 bits per heavy atom. The number of hydrogen-bond acceptors (Lipinski definition) is 5. The first-order valence-electron chi connectivity index (χ1n) is 10.9. The number of nitrogens with zero attached hydrogens (tertiary/aromatic N) is 2. The van der Waals surface area contributed by atoms with Crippen molar-refractivity contribution in [3.8, 4) is 17.4 Å². The fourth-order valence-corrected chi connectivity index (χ4v) is 3.36. The predicted octanol–water partition coefficient (Wildman–Crippen LogP) is 4.28. The van der Waals surface area contributed by atoms with Crippen molar-refractivity contribution in [1.29, 1.82) is 0 Å². The lowest BCUT2D eigenvalue weighted by Gasteiger charge is -2.12. The van der Waals surface area contributed by atoms with E-state index in [1.807, 2.05) is 30.5 Å². The molecular weight excluding hydrogens is 533 g/mol. The van der Waals surface area contributed by atoms with Gasteiger partial charge in [0.25, 0.3) is 0 Å². The van der Waals surface area contributed by atoms with E-state index in [1.165, 1.54) is 0 Å². The zero-order chi connectivity index (χ0) is 22.8. The molecular formula is C24H34IN5O3. The van der Waals surface area contributed by atoms with E-state index in [0.717, 1.165) is 65.4 Å². The monoisotopic (exact) mass is 567 g/mol. The van der Waals surface area contributed by atoms with Gasteiger partial charge in [-0.25, -0.2) is 4.98 Å². The summed E-state index contributed by atoms with van der Waals surface area (Å²) in [6.07, 6.45) is 4.66. The van der Waals surface area contributed by atoms with E-state index < -0.39 is 0 Å². The number of halogens is 1. The van der Waals surface area contributed by atoms with Gasteiger partial charge in [-0.15, -0.1) is 24.0 Å². The van der Waals surface area contributed by atoms with Crippen LogP contribution in [0.5, 0.6) is 17.4 Å². The van der Waals surface area contributed by atoms with Gasteiger partial charge in [-0.3, -0.25) is 4.99 Å². The second-order valence-corrected chi connectivity index (χ2v) is 7.39. The molecule has 0 unspecified atom stereocenters. The molecule has 0 spiro atoms. The summed E-state index contributed by atoms with van der Waals surface area (Å²) in [5.41, 5.74) is 3.24. The van der Waals surface area contributed by atoms with Crippen molar-refractivity contribution >= 4 is 40.8 Å². The van der Waals surface area contributed by atoms with Gasteiger partial charge in [0.2, 0.25) is 5.88 Å². The number of aliphatic imine (C=N–C) groups is 1. The van der Waals surface area contributed by atoms with Crippen LogP contribution in [0.1, 0.15) is 31.0 Å². The Kier molecular flexibility index (Phi) is 11.1. The first kappa shape index (κ1) is 26.6. The number of pyridine rings is 1. The summed E-state index contributed by atoms with van der Waals surface area (Å²) in [5.74, 6) is 3.01. The van der Waals surface area contributed by atoms with Crippen LogP contribution in [0.25, 0.3) is 10.9 Å². The highest BCUT2D eigenvalue weighted by atomic mass is 127. The Bertz CT molecular complexity index is 1020. The molecule has 1 aromatic carbocycles. The zero-order valence-corrected chi connectivity index (χ0v) is 22.1. The third-order valence-corrected chi connectivity index (χ3v) is 5.04. The number of nitrogens with one attached hydrogen (secondary N) is 3. The highest BCUT2D eigenvalue weighted by molar-refractivity contribution is 14.0. The van der Waals surface area contributed by atoms with Gasteiger partial charge >= 0.3 is 0 Å².